The molecule has 1 aromatic rings. The molecule has 4 nitrogen and oxygen atoms in total. The zero-order valence-electron chi connectivity index (χ0n) is 10.3. The number of carbonyl (C=O) groups is 2. The number of anilines is 1. The lowest BCUT2D eigenvalue weighted by atomic mass is 10.1. The van der Waals surface area contributed by atoms with Crippen molar-refractivity contribution in [2.45, 2.75) is 13.3 Å². The van der Waals surface area contributed by atoms with Gasteiger partial charge in [0.25, 0.3) is 0 Å². The molecule has 1 aromatic carbocycles. The molecule has 0 radical (unpaired) electrons. The van der Waals surface area contributed by atoms with Crippen LogP contribution >= 0.6 is 0 Å². The van der Waals surface area contributed by atoms with Gasteiger partial charge in [0.1, 0.15) is 0 Å². The molecule has 1 amide bonds. The highest BCUT2D eigenvalue weighted by atomic mass is 16.5. The third-order valence-corrected chi connectivity index (χ3v) is 3.84. The second kappa shape index (κ2) is 3.83. The lowest BCUT2D eigenvalue weighted by Crippen LogP contribution is -2.36. The number of ether oxygens (including phenoxy) is 1. The zero-order valence-corrected chi connectivity index (χ0v) is 10.3. The summed E-state index contributed by atoms with van der Waals surface area (Å²) in [5, 5.41) is 0. The Labute approximate surface area is 106 Å². The minimum Gasteiger partial charge on any atom is -0.465 e. The van der Waals surface area contributed by atoms with E-state index in [2.05, 4.69) is 0 Å². The quantitative estimate of drug-likeness (QED) is 0.600. The van der Waals surface area contributed by atoms with E-state index in [9.17, 15) is 9.59 Å². The molecule has 2 unspecified atom stereocenters. The van der Waals surface area contributed by atoms with Crippen LogP contribution in [0.15, 0.2) is 30.3 Å². The molecule has 4 heteroatoms. The molecule has 0 N–H and O–H groups in total. The van der Waals surface area contributed by atoms with E-state index >= 15 is 0 Å². The van der Waals surface area contributed by atoms with Crippen LogP contribution in [0.5, 0.6) is 0 Å². The fraction of sp³-hybridized carbons (Fsp3) is 0.429. The standard InChI is InChI=1S/C14H15NO3/c1-2-18-13(17)14-8-10(14)9-15(12(14)16)11-6-4-3-5-7-11/h3-7,10H,2,8-9H2,1H3. The average molecular weight is 245 g/mol. The lowest BCUT2D eigenvalue weighted by molar-refractivity contribution is -0.153. The van der Waals surface area contributed by atoms with Crippen LogP contribution in [0, 0.1) is 11.3 Å². The van der Waals surface area contributed by atoms with E-state index in [-0.39, 0.29) is 17.8 Å². The van der Waals surface area contributed by atoms with E-state index in [1.807, 2.05) is 30.3 Å². The Morgan fingerprint density at radius 3 is 2.83 bits per heavy atom. The second-order valence-electron chi connectivity index (χ2n) is 4.84. The molecule has 18 heavy (non-hydrogen) atoms. The molecular weight excluding hydrogens is 230 g/mol. The number of benzene rings is 1. The van der Waals surface area contributed by atoms with Gasteiger partial charge in [-0.2, -0.15) is 0 Å². The van der Waals surface area contributed by atoms with Gasteiger partial charge in [-0.05, 0) is 25.5 Å². The van der Waals surface area contributed by atoms with E-state index in [0.29, 0.717) is 19.6 Å². The maximum Gasteiger partial charge on any atom is 0.322 e. The highest BCUT2D eigenvalue weighted by Crippen LogP contribution is 2.59. The number of hydrogen-bond donors (Lipinski definition) is 0. The first-order chi connectivity index (χ1) is 8.70. The Morgan fingerprint density at radius 1 is 1.44 bits per heavy atom. The van der Waals surface area contributed by atoms with Crippen molar-refractivity contribution < 1.29 is 14.3 Å². The Bertz CT molecular complexity index is 499. The zero-order chi connectivity index (χ0) is 12.8. The summed E-state index contributed by atoms with van der Waals surface area (Å²) in [6.45, 7) is 2.72. The molecule has 94 valence electrons. The summed E-state index contributed by atoms with van der Waals surface area (Å²) < 4.78 is 5.04. The third-order valence-electron chi connectivity index (χ3n) is 3.84. The number of rotatable bonds is 3. The summed E-state index contributed by atoms with van der Waals surface area (Å²) in [7, 11) is 0. The highest BCUT2D eigenvalue weighted by molar-refractivity contribution is 6.15. The number of nitrogens with zero attached hydrogens (tertiary/aromatic N) is 1. The summed E-state index contributed by atoms with van der Waals surface area (Å²) in [6.07, 6.45) is 0.647. The molecule has 0 spiro atoms. The number of carbonyl (C=O) groups excluding carboxylic acids is 2. The molecule has 1 aliphatic carbocycles. The Hall–Kier alpha value is -1.84. The molecule has 1 heterocycles. The molecule has 1 aliphatic heterocycles. The van der Waals surface area contributed by atoms with E-state index in [1.54, 1.807) is 11.8 Å². The number of fused-ring (bicyclic) bond motifs is 1. The maximum absolute atomic E-state index is 12.4. The van der Waals surface area contributed by atoms with E-state index < -0.39 is 5.41 Å². The molecule has 0 aromatic heterocycles. The van der Waals surface area contributed by atoms with Crippen molar-refractivity contribution in [3.05, 3.63) is 30.3 Å². The maximum atomic E-state index is 12.4. The first-order valence-corrected chi connectivity index (χ1v) is 6.24. The SMILES string of the molecule is CCOC(=O)C12CC1CN(c1ccccc1)C2=O. The number of hydrogen-bond acceptors (Lipinski definition) is 3. The summed E-state index contributed by atoms with van der Waals surface area (Å²) in [4.78, 5) is 26.0. The average Bonchev–Trinajstić information content (AvgIpc) is 3.05. The van der Waals surface area contributed by atoms with Gasteiger partial charge in [-0.25, -0.2) is 0 Å². The normalized spacial score (nSPS) is 29.1. The van der Waals surface area contributed by atoms with Crippen molar-refractivity contribution in [1.82, 2.24) is 0 Å². The predicted octanol–water partition coefficient (Wildman–Crippen LogP) is 1.60. The molecule has 1 saturated heterocycles. The van der Waals surface area contributed by atoms with Crippen LogP contribution in [-0.2, 0) is 14.3 Å². The van der Waals surface area contributed by atoms with Gasteiger partial charge in [-0.1, -0.05) is 18.2 Å². The first-order valence-electron chi connectivity index (χ1n) is 6.24. The Balaban J connectivity index is 1.85. The number of para-hydroxylation sites is 1. The monoisotopic (exact) mass is 245 g/mol. The van der Waals surface area contributed by atoms with Gasteiger partial charge < -0.3 is 9.64 Å². The molecule has 2 fully saturated rings. The Morgan fingerprint density at radius 2 is 2.17 bits per heavy atom. The van der Waals surface area contributed by atoms with Crippen molar-refractivity contribution in [1.29, 1.82) is 0 Å². The van der Waals surface area contributed by atoms with Crippen LogP contribution in [0.3, 0.4) is 0 Å². The summed E-state index contributed by atoms with van der Waals surface area (Å²) in [5.74, 6) is -0.320. The van der Waals surface area contributed by atoms with Gasteiger partial charge in [0, 0.05) is 18.2 Å². The van der Waals surface area contributed by atoms with E-state index in [0.717, 1.165) is 5.69 Å². The van der Waals surface area contributed by atoms with Crippen LogP contribution < -0.4 is 4.90 Å². The first kappa shape index (κ1) is 11.3. The number of amides is 1. The fourth-order valence-electron chi connectivity index (χ4n) is 2.78. The molecule has 2 atom stereocenters. The number of piperidine rings is 1. The van der Waals surface area contributed by atoms with Crippen molar-refractivity contribution >= 4 is 17.6 Å². The van der Waals surface area contributed by atoms with Crippen LogP contribution in [-0.4, -0.2) is 25.0 Å². The lowest BCUT2D eigenvalue weighted by Gasteiger charge is -2.20. The minimum absolute atomic E-state index is 0.0999. The van der Waals surface area contributed by atoms with Crippen LogP contribution in [0.1, 0.15) is 13.3 Å². The molecule has 0 bridgehead atoms. The van der Waals surface area contributed by atoms with Crippen LogP contribution in [0.25, 0.3) is 0 Å². The van der Waals surface area contributed by atoms with E-state index in [1.165, 1.54) is 0 Å². The van der Waals surface area contributed by atoms with Gasteiger partial charge in [-0.3, -0.25) is 9.59 Å². The van der Waals surface area contributed by atoms with Crippen molar-refractivity contribution in [3.8, 4) is 0 Å². The van der Waals surface area contributed by atoms with Gasteiger partial charge in [0.2, 0.25) is 5.91 Å². The van der Waals surface area contributed by atoms with Gasteiger partial charge in [0.05, 0.1) is 6.61 Å². The fourth-order valence-corrected chi connectivity index (χ4v) is 2.78. The molecule has 2 aliphatic rings. The summed E-state index contributed by atoms with van der Waals surface area (Å²) >= 11 is 0. The molecular formula is C14H15NO3. The van der Waals surface area contributed by atoms with Crippen LogP contribution in [0.4, 0.5) is 5.69 Å². The van der Waals surface area contributed by atoms with Gasteiger partial charge in [-0.15, -0.1) is 0 Å². The van der Waals surface area contributed by atoms with Crippen molar-refractivity contribution in [3.63, 3.8) is 0 Å². The largest absolute Gasteiger partial charge is 0.465 e. The predicted molar refractivity (Wildman–Crippen MR) is 66.0 cm³/mol. The highest BCUT2D eigenvalue weighted by Gasteiger charge is 2.72. The molecule has 3 rings (SSSR count). The third kappa shape index (κ3) is 1.38. The molecule has 1 saturated carbocycles. The Kier molecular flexibility index (Phi) is 2.40. The topological polar surface area (TPSA) is 46.6 Å². The van der Waals surface area contributed by atoms with Gasteiger partial charge >= 0.3 is 5.97 Å². The van der Waals surface area contributed by atoms with E-state index in [4.69, 9.17) is 4.74 Å². The summed E-state index contributed by atoms with van der Waals surface area (Å²) in [6, 6.07) is 9.47. The van der Waals surface area contributed by atoms with Gasteiger partial charge in [0.15, 0.2) is 5.41 Å². The van der Waals surface area contributed by atoms with Crippen LogP contribution in [0.2, 0.25) is 0 Å². The smallest absolute Gasteiger partial charge is 0.322 e. The second-order valence-corrected chi connectivity index (χ2v) is 4.84. The van der Waals surface area contributed by atoms with Crippen molar-refractivity contribution in [2.75, 3.05) is 18.1 Å². The minimum atomic E-state index is -0.869. The number of esters is 1. The van der Waals surface area contributed by atoms with Crippen molar-refractivity contribution in [2.24, 2.45) is 11.3 Å². The summed E-state index contributed by atoms with van der Waals surface area (Å²) in [5.41, 5.74) is -0.00959.